The van der Waals surface area contributed by atoms with E-state index in [4.69, 9.17) is 5.11 Å². The lowest BCUT2D eigenvalue weighted by Gasteiger charge is -2.11. The molecule has 3 N–H and O–H groups in total. The quantitative estimate of drug-likeness (QED) is 0.437. The van der Waals surface area contributed by atoms with E-state index < -0.39 is 24.3 Å². The van der Waals surface area contributed by atoms with E-state index in [-0.39, 0.29) is 0 Å². The van der Waals surface area contributed by atoms with Gasteiger partial charge in [0.25, 0.3) is 0 Å². The monoisotopic (exact) mass is 369 g/mol. The third-order valence-electron chi connectivity index (χ3n) is 4.24. The van der Waals surface area contributed by atoms with Crippen molar-refractivity contribution in [3.05, 3.63) is 65.2 Å². The minimum absolute atomic E-state index is 0.351. The van der Waals surface area contributed by atoms with Crippen molar-refractivity contribution in [2.24, 2.45) is 0 Å². The Morgan fingerprint density at radius 1 is 0.778 bits per heavy atom. The van der Waals surface area contributed by atoms with Gasteiger partial charge in [0.15, 0.2) is 0 Å². The number of amides is 1. The van der Waals surface area contributed by atoms with Crippen molar-refractivity contribution >= 4 is 23.5 Å². The maximum absolute atomic E-state index is 11.7. The maximum Gasteiger partial charge on any atom is 0.335 e. The number of benzene rings is 2. The fourth-order valence-electron chi connectivity index (χ4n) is 2.95. The summed E-state index contributed by atoms with van der Waals surface area (Å²) in [4.78, 5) is 33.5. The molecule has 0 heterocycles. The highest BCUT2D eigenvalue weighted by Crippen LogP contribution is 2.19. The Bertz CT molecular complexity index is 816. The molecule has 0 aliphatic rings. The molecule has 0 aliphatic carbocycles. The molecule has 0 bridgehead atoms. The number of aryl methyl sites for hydroxylation is 2. The number of aliphatic carboxylic acids is 1. The number of nitrogens with one attached hydrogen (secondary N) is 1. The van der Waals surface area contributed by atoms with Crippen LogP contribution in [0.15, 0.2) is 48.5 Å². The lowest BCUT2D eigenvalue weighted by atomic mass is 9.99. The van der Waals surface area contributed by atoms with Crippen molar-refractivity contribution in [1.29, 1.82) is 0 Å². The number of unbranched alkanes of at least 4 members (excludes halogenated alkanes) is 2. The van der Waals surface area contributed by atoms with Crippen molar-refractivity contribution in [2.75, 3.05) is 5.32 Å². The van der Waals surface area contributed by atoms with Gasteiger partial charge in [0.1, 0.15) is 6.42 Å². The van der Waals surface area contributed by atoms with Gasteiger partial charge in [-0.05, 0) is 48.9 Å². The lowest BCUT2D eigenvalue weighted by molar-refractivity contribution is -0.139. The summed E-state index contributed by atoms with van der Waals surface area (Å²) in [7, 11) is 0. The second-order valence-corrected chi connectivity index (χ2v) is 6.30. The molecular formula is C21H23NO5. The van der Waals surface area contributed by atoms with Crippen LogP contribution in [-0.4, -0.2) is 28.1 Å². The van der Waals surface area contributed by atoms with Gasteiger partial charge in [-0.15, -0.1) is 0 Å². The van der Waals surface area contributed by atoms with Crippen LogP contribution in [0.5, 0.6) is 0 Å². The predicted molar refractivity (Wildman–Crippen MR) is 102 cm³/mol. The lowest BCUT2D eigenvalue weighted by Crippen LogP contribution is -2.16. The minimum Gasteiger partial charge on any atom is -0.481 e. The first-order chi connectivity index (χ1) is 13.0. The normalized spacial score (nSPS) is 10.4. The van der Waals surface area contributed by atoms with E-state index in [1.54, 1.807) is 24.3 Å². The molecule has 2 aromatic carbocycles. The van der Waals surface area contributed by atoms with Crippen LogP contribution in [0.4, 0.5) is 5.69 Å². The molecule has 2 aromatic rings. The highest BCUT2D eigenvalue weighted by molar-refractivity contribution is 6.01. The molecule has 0 atom stereocenters. The Morgan fingerprint density at radius 2 is 1.37 bits per heavy atom. The Balaban J connectivity index is 1.83. The zero-order chi connectivity index (χ0) is 19.6. The van der Waals surface area contributed by atoms with Crippen LogP contribution < -0.4 is 5.32 Å². The highest BCUT2D eigenvalue weighted by atomic mass is 16.4. The summed E-state index contributed by atoms with van der Waals surface area (Å²) in [5, 5.41) is 20.5. The van der Waals surface area contributed by atoms with E-state index >= 15 is 0 Å². The number of carboxylic acid groups (broad SMARTS) is 2. The molecule has 142 valence electrons. The first-order valence-electron chi connectivity index (χ1n) is 8.88. The van der Waals surface area contributed by atoms with E-state index in [0.29, 0.717) is 17.7 Å². The number of aromatic carboxylic acids is 1. The number of hydrogen-bond donors (Lipinski definition) is 3. The first-order valence-corrected chi connectivity index (χ1v) is 8.88. The average Bonchev–Trinajstić information content (AvgIpc) is 2.62. The van der Waals surface area contributed by atoms with Crippen LogP contribution >= 0.6 is 0 Å². The summed E-state index contributed by atoms with van der Waals surface area (Å²) in [5.74, 6) is -2.61. The number of hydrogen-bond acceptors (Lipinski definition) is 3. The van der Waals surface area contributed by atoms with Crippen LogP contribution in [0.2, 0.25) is 0 Å². The predicted octanol–water partition coefficient (Wildman–Crippen LogP) is 3.75. The van der Waals surface area contributed by atoms with Crippen LogP contribution in [-0.2, 0) is 22.4 Å². The summed E-state index contributed by atoms with van der Waals surface area (Å²) < 4.78 is 0. The second-order valence-electron chi connectivity index (χ2n) is 6.30. The summed E-state index contributed by atoms with van der Waals surface area (Å²) in [6.07, 6.45) is 3.59. The van der Waals surface area contributed by atoms with Gasteiger partial charge < -0.3 is 15.5 Å². The Kier molecular flexibility index (Phi) is 7.55. The zero-order valence-corrected chi connectivity index (χ0v) is 15.0. The fourth-order valence-corrected chi connectivity index (χ4v) is 2.95. The summed E-state index contributed by atoms with van der Waals surface area (Å²) in [6, 6.07) is 14.4. The molecule has 0 aliphatic heterocycles. The topological polar surface area (TPSA) is 104 Å². The van der Waals surface area contributed by atoms with Gasteiger partial charge in [-0.3, -0.25) is 9.59 Å². The van der Waals surface area contributed by atoms with Gasteiger partial charge in [0.2, 0.25) is 5.91 Å². The van der Waals surface area contributed by atoms with Gasteiger partial charge in [0, 0.05) is 5.69 Å². The van der Waals surface area contributed by atoms with Crippen LogP contribution in [0.1, 0.15) is 47.2 Å². The first kappa shape index (κ1) is 20.2. The van der Waals surface area contributed by atoms with E-state index in [1.165, 1.54) is 0 Å². The zero-order valence-electron chi connectivity index (χ0n) is 15.0. The molecule has 0 fully saturated rings. The smallest absolute Gasteiger partial charge is 0.335 e. The van der Waals surface area contributed by atoms with E-state index in [9.17, 15) is 19.5 Å². The molecule has 1 amide bonds. The molecular weight excluding hydrogens is 346 g/mol. The SMILES string of the molecule is O=C(O)CC(=O)Nc1ccccc1CCCCCc1ccccc1C(=O)O. The Hall–Kier alpha value is -3.15. The summed E-state index contributed by atoms with van der Waals surface area (Å²) in [5.41, 5.74) is 2.79. The van der Waals surface area contributed by atoms with E-state index in [0.717, 1.165) is 36.8 Å². The van der Waals surface area contributed by atoms with Crippen LogP contribution in [0, 0.1) is 0 Å². The molecule has 0 aromatic heterocycles. The second kappa shape index (κ2) is 10.1. The molecule has 0 saturated carbocycles. The van der Waals surface area contributed by atoms with Gasteiger partial charge in [0.05, 0.1) is 5.56 Å². The average molecular weight is 369 g/mol. The van der Waals surface area contributed by atoms with Crippen LogP contribution in [0.25, 0.3) is 0 Å². The molecule has 6 heteroatoms. The van der Waals surface area contributed by atoms with E-state index in [1.807, 2.05) is 24.3 Å². The van der Waals surface area contributed by atoms with Crippen molar-refractivity contribution in [1.82, 2.24) is 0 Å². The van der Waals surface area contributed by atoms with Crippen molar-refractivity contribution in [3.8, 4) is 0 Å². The number of carbonyl (C=O) groups excluding carboxylic acids is 1. The molecule has 0 saturated heterocycles. The van der Waals surface area contributed by atoms with Gasteiger partial charge in [-0.2, -0.15) is 0 Å². The fraction of sp³-hybridized carbons (Fsp3) is 0.286. The van der Waals surface area contributed by atoms with Crippen LogP contribution in [0.3, 0.4) is 0 Å². The summed E-state index contributed by atoms with van der Waals surface area (Å²) in [6.45, 7) is 0. The van der Waals surface area contributed by atoms with Crippen molar-refractivity contribution in [2.45, 2.75) is 38.5 Å². The third-order valence-corrected chi connectivity index (χ3v) is 4.24. The van der Waals surface area contributed by atoms with Gasteiger partial charge >= 0.3 is 11.9 Å². The Morgan fingerprint density at radius 3 is 2.04 bits per heavy atom. The minimum atomic E-state index is -1.16. The molecule has 27 heavy (non-hydrogen) atoms. The molecule has 6 nitrogen and oxygen atoms in total. The van der Waals surface area contributed by atoms with E-state index in [2.05, 4.69) is 5.32 Å². The Labute approximate surface area is 157 Å². The number of para-hydroxylation sites is 1. The molecule has 0 radical (unpaired) electrons. The third kappa shape index (κ3) is 6.58. The van der Waals surface area contributed by atoms with Gasteiger partial charge in [-0.1, -0.05) is 42.8 Å². The largest absolute Gasteiger partial charge is 0.481 e. The van der Waals surface area contributed by atoms with Crippen molar-refractivity contribution < 1.29 is 24.6 Å². The number of carboxylic acids is 2. The molecule has 2 rings (SSSR count). The molecule has 0 spiro atoms. The highest BCUT2D eigenvalue weighted by Gasteiger charge is 2.11. The standard InChI is InChI=1S/C21H23NO5/c23-19(14-20(24)25)22-18-13-7-5-11-16(18)10-3-1-2-8-15-9-4-6-12-17(15)21(26)27/h4-7,9,11-13H,1-3,8,10,14H2,(H,22,23)(H,24,25)(H,26,27). The maximum atomic E-state index is 11.7. The number of rotatable bonds is 10. The van der Waals surface area contributed by atoms with Crippen molar-refractivity contribution in [3.63, 3.8) is 0 Å². The van der Waals surface area contributed by atoms with Gasteiger partial charge in [-0.25, -0.2) is 4.79 Å². The molecule has 0 unspecified atom stereocenters. The number of carbonyl (C=O) groups is 3. The summed E-state index contributed by atoms with van der Waals surface area (Å²) >= 11 is 0. The number of anilines is 1.